The van der Waals surface area contributed by atoms with Gasteiger partial charge in [0.25, 0.3) is 0 Å². The summed E-state index contributed by atoms with van der Waals surface area (Å²) >= 11 is 0. The summed E-state index contributed by atoms with van der Waals surface area (Å²) in [7, 11) is 0. The molecule has 2 rings (SSSR count). The van der Waals surface area contributed by atoms with Gasteiger partial charge in [0.15, 0.2) is 0 Å². The lowest BCUT2D eigenvalue weighted by molar-refractivity contribution is 0.0434. The van der Waals surface area contributed by atoms with E-state index in [1.807, 2.05) is 0 Å². The molecule has 7 heteroatoms. The lowest BCUT2D eigenvalue weighted by Crippen LogP contribution is -2.09. The fourth-order valence-corrected chi connectivity index (χ4v) is 1.59. The molecule has 0 N–H and O–H groups in total. The Morgan fingerprint density at radius 3 is 1.55 bits per heavy atom. The highest BCUT2D eigenvalue weighted by Gasteiger charge is 2.11. The molecule has 3 nitrogen and oxygen atoms in total. The first-order valence-electron chi connectivity index (χ1n) is 6.13. The number of hydrogen-bond acceptors (Lipinski definition) is 3. The summed E-state index contributed by atoms with van der Waals surface area (Å²) in [5, 5.41) is 0. The molecule has 116 valence electrons. The van der Waals surface area contributed by atoms with Crippen molar-refractivity contribution in [3.63, 3.8) is 0 Å². The molecule has 0 spiro atoms. The number of rotatable bonds is 4. The van der Waals surface area contributed by atoms with Crippen LogP contribution < -0.4 is 0 Å². The van der Waals surface area contributed by atoms with Gasteiger partial charge in [0.05, 0.1) is 0 Å². The highest BCUT2D eigenvalue weighted by Crippen LogP contribution is 2.13. The van der Waals surface area contributed by atoms with Crippen LogP contribution in [-0.2, 0) is 22.7 Å². The summed E-state index contributed by atoms with van der Waals surface area (Å²) < 4.78 is 61.2. The van der Waals surface area contributed by atoms with E-state index >= 15 is 0 Å². The van der Waals surface area contributed by atoms with Gasteiger partial charge in [0.2, 0.25) is 0 Å². The van der Waals surface area contributed by atoms with Gasteiger partial charge in [0.1, 0.15) is 36.5 Å². The van der Waals surface area contributed by atoms with Crippen molar-refractivity contribution in [3.05, 3.63) is 70.8 Å². The van der Waals surface area contributed by atoms with Crippen LogP contribution in [0.15, 0.2) is 36.4 Å². The van der Waals surface area contributed by atoms with E-state index in [4.69, 9.17) is 0 Å². The molecule has 0 unspecified atom stereocenters. The Morgan fingerprint density at radius 1 is 0.773 bits per heavy atom. The molecule has 0 bridgehead atoms. The average molecular weight is 314 g/mol. The minimum Gasteiger partial charge on any atom is -0.429 e. The van der Waals surface area contributed by atoms with Crippen LogP contribution in [0.3, 0.4) is 0 Å². The third-order valence-electron chi connectivity index (χ3n) is 2.72. The molecule has 0 aliphatic heterocycles. The fourth-order valence-electron chi connectivity index (χ4n) is 1.59. The number of hydrogen-bond donors (Lipinski definition) is 0. The Kier molecular flexibility index (Phi) is 4.98. The molecule has 0 aromatic heterocycles. The van der Waals surface area contributed by atoms with Crippen LogP contribution in [0.5, 0.6) is 0 Å². The van der Waals surface area contributed by atoms with Gasteiger partial charge in [-0.2, -0.15) is 0 Å². The van der Waals surface area contributed by atoms with Gasteiger partial charge in [-0.05, 0) is 24.3 Å². The molecular formula is C15H10F4O3. The maximum Gasteiger partial charge on any atom is 0.508 e. The van der Waals surface area contributed by atoms with Gasteiger partial charge in [-0.3, -0.25) is 0 Å². The Bertz CT molecular complexity index is 631. The van der Waals surface area contributed by atoms with Gasteiger partial charge >= 0.3 is 6.16 Å². The molecule has 0 aliphatic carbocycles. The molecule has 0 atom stereocenters. The summed E-state index contributed by atoms with van der Waals surface area (Å²) in [4.78, 5) is 11.3. The Hall–Kier alpha value is -2.57. The van der Waals surface area contributed by atoms with Crippen LogP contribution in [0, 0.1) is 23.3 Å². The second-order valence-corrected chi connectivity index (χ2v) is 4.30. The zero-order valence-electron chi connectivity index (χ0n) is 11.1. The zero-order chi connectivity index (χ0) is 16.1. The minimum atomic E-state index is -1.16. The van der Waals surface area contributed by atoms with E-state index < -0.39 is 42.6 Å². The standard InChI is InChI=1S/C15H10F4O3/c16-11-3-1-9(13(18)5-11)7-21-15(20)22-8-10-2-4-12(17)6-14(10)19/h1-6H,7-8H2. The molecule has 0 fully saturated rings. The van der Waals surface area contributed by atoms with Gasteiger partial charge < -0.3 is 9.47 Å². The van der Waals surface area contributed by atoms with Gasteiger partial charge in [0, 0.05) is 23.3 Å². The van der Waals surface area contributed by atoms with E-state index in [2.05, 4.69) is 9.47 Å². The van der Waals surface area contributed by atoms with Crippen molar-refractivity contribution >= 4 is 6.16 Å². The Labute approximate surface area is 123 Å². The number of benzene rings is 2. The molecule has 22 heavy (non-hydrogen) atoms. The first-order valence-corrected chi connectivity index (χ1v) is 6.13. The van der Waals surface area contributed by atoms with E-state index in [1.54, 1.807) is 0 Å². The first kappa shape index (κ1) is 15.8. The number of carbonyl (C=O) groups excluding carboxylic acids is 1. The molecule has 2 aromatic carbocycles. The highest BCUT2D eigenvalue weighted by molar-refractivity contribution is 5.60. The van der Waals surface area contributed by atoms with Gasteiger partial charge in [-0.15, -0.1) is 0 Å². The second kappa shape index (κ2) is 6.93. The summed E-state index contributed by atoms with van der Waals surface area (Å²) in [5.41, 5.74) is -0.0716. The van der Waals surface area contributed by atoms with Gasteiger partial charge in [-0.1, -0.05) is 0 Å². The lowest BCUT2D eigenvalue weighted by Gasteiger charge is -2.08. The van der Waals surface area contributed by atoms with Crippen LogP contribution in [0.25, 0.3) is 0 Å². The number of ether oxygens (including phenoxy) is 2. The Balaban J connectivity index is 1.85. The van der Waals surface area contributed by atoms with Crippen LogP contribution in [0.4, 0.5) is 22.4 Å². The maximum absolute atomic E-state index is 13.3. The summed E-state index contributed by atoms with van der Waals surface area (Å²) in [6.07, 6.45) is -1.16. The molecule has 2 aromatic rings. The zero-order valence-corrected chi connectivity index (χ0v) is 11.1. The highest BCUT2D eigenvalue weighted by atomic mass is 19.1. The van der Waals surface area contributed by atoms with Crippen LogP contribution in [0.2, 0.25) is 0 Å². The summed E-state index contributed by atoms with van der Waals surface area (Å²) in [5.74, 6) is -3.24. The van der Waals surface area contributed by atoms with Crippen molar-refractivity contribution < 1.29 is 31.8 Å². The van der Waals surface area contributed by atoms with Crippen molar-refractivity contribution in [2.75, 3.05) is 0 Å². The number of halogens is 4. The van der Waals surface area contributed by atoms with Crippen molar-refractivity contribution in [1.82, 2.24) is 0 Å². The minimum absolute atomic E-state index is 0.0358. The van der Waals surface area contributed by atoms with E-state index in [9.17, 15) is 22.4 Å². The Morgan fingerprint density at radius 2 is 1.18 bits per heavy atom. The monoisotopic (exact) mass is 314 g/mol. The summed E-state index contributed by atoms with van der Waals surface area (Å²) in [6.45, 7) is -0.923. The topological polar surface area (TPSA) is 35.5 Å². The largest absolute Gasteiger partial charge is 0.508 e. The molecule has 0 saturated heterocycles. The van der Waals surface area contributed by atoms with E-state index in [-0.39, 0.29) is 11.1 Å². The maximum atomic E-state index is 13.3. The molecular weight excluding hydrogens is 304 g/mol. The predicted octanol–water partition coefficient (Wildman–Crippen LogP) is 4.10. The van der Waals surface area contributed by atoms with Crippen molar-refractivity contribution in [1.29, 1.82) is 0 Å². The molecule has 0 aliphatic rings. The molecule has 0 saturated carbocycles. The van der Waals surface area contributed by atoms with Gasteiger partial charge in [-0.25, -0.2) is 22.4 Å². The van der Waals surface area contributed by atoms with Crippen LogP contribution >= 0.6 is 0 Å². The molecule has 0 radical (unpaired) electrons. The van der Waals surface area contributed by atoms with Crippen molar-refractivity contribution in [2.45, 2.75) is 13.2 Å². The third-order valence-corrected chi connectivity index (χ3v) is 2.72. The van der Waals surface area contributed by atoms with E-state index in [1.165, 1.54) is 0 Å². The lowest BCUT2D eigenvalue weighted by atomic mass is 10.2. The van der Waals surface area contributed by atoms with E-state index in [0.717, 1.165) is 24.3 Å². The molecule has 0 heterocycles. The first-order chi connectivity index (χ1) is 10.5. The normalized spacial score (nSPS) is 10.4. The smallest absolute Gasteiger partial charge is 0.429 e. The quantitative estimate of drug-likeness (QED) is 0.630. The third kappa shape index (κ3) is 4.21. The van der Waals surface area contributed by atoms with E-state index in [0.29, 0.717) is 12.1 Å². The predicted molar refractivity (Wildman–Crippen MR) is 67.7 cm³/mol. The second-order valence-electron chi connectivity index (χ2n) is 4.30. The number of carbonyl (C=O) groups is 1. The van der Waals surface area contributed by atoms with Crippen molar-refractivity contribution in [2.24, 2.45) is 0 Å². The molecule has 0 amide bonds. The SMILES string of the molecule is O=C(OCc1ccc(F)cc1F)OCc1ccc(F)cc1F. The van der Waals surface area contributed by atoms with Crippen LogP contribution in [-0.4, -0.2) is 6.16 Å². The van der Waals surface area contributed by atoms with Crippen LogP contribution in [0.1, 0.15) is 11.1 Å². The fraction of sp³-hybridized carbons (Fsp3) is 0.133. The van der Waals surface area contributed by atoms with Crippen molar-refractivity contribution in [3.8, 4) is 0 Å². The average Bonchev–Trinajstić information content (AvgIpc) is 2.45. The summed E-state index contributed by atoms with van der Waals surface area (Å²) in [6, 6.07) is 5.58.